The van der Waals surface area contributed by atoms with Gasteiger partial charge in [0.05, 0.1) is 19.3 Å². The molecule has 0 amide bonds. The van der Waals surface area contributed by atoms with Gasteiger partial charge in [0.1, 0.15) is 5.82 Å². The number of nitrogens with one attached hydrogen (secondary N) is 1. The lowest BCUT2D eigenvalue weighted by Crippen LogP contribution is -2.45. The van der Waals surface area contributed by atoms with Crippen molar-refractivity contribution < 1.29 is 4.74 Å². The third-order valence-electron chi connectivity index (χ3n) is 3.52. The van der Waals surface area contributed by atoms with Crippen LogP contribution in [-0.2, 0) is 11.3 Å². The molecule has 2 heterocycles. The van der Waals surface area contributed by atoms with Crippen molar-refractivity contribution in [1.82, 2.24) is 10.3 Å². The summed E-state index contributed by atoms with van der Waals surface area (Å²) >= 11 is 0. The van der Waals surface area contributed by atoms with Crippen molar-refractivity contribution in [2.75, 3.05) is 24.7 Å². The monoisotopic (exact) mass is 263 g/mol. The molecule has 2 rings (SSSR count). The minimum absolute atomic E-state index is 0.459. The highest BCUT2D eigenvalue weighted by atomic mass is 16.5. The van der Waals surface area contributed by atoms with Crippen molar-refractivity contribution >= 4 is 5.82 Å². The molecule has 1 saturated heterocycles. The summed E-state index contributed by atoms with van der Waals surface area (Å²) in [6.07, 6.45) is 3.07. The predicted molar refractivity (Wildman–Crippen MR) is 78.5 cm³/mol. The van der Waals surface area contributed by atoms with E-state index >= 15 is 0 Å². The van der Waals surface area contributed by atoms with Crippen LogP contribution in [0, 0.1) is 0 Å². The summed E-state index contributed by atoms with van der Waals surface area (Å²) in [4.78, 5) is 6.97. The molecule has 0 bridgehead atoms. The molecule has 1 aliphatic heterocycles. The molecule has 0 aliphatic carbocycles. The van der Waals surface area contributed by atoms with Crippen molar-refractivity contribution in [2.45, 2.75) is 45.8 Å². The highest BCUT2D eigenvalue weighted by Gasteiger charge is 2.22. The number of anilines is 1. The number of pyridine rings is 1. The van der Waals surface area contributed by atoms with Crippen LogP contribution in [0.2, 0.25) is 0 Å². The lowest BCUT2D eigenvalue weighted by Gasteiger charge is -2.36. The van der Waals surface area contributed by atoms with Gasteiger partial charge in [-0.1, -0.05) is 26.8 Å². The van der Waals surface area contributed by atoms with Gasteiger partial charge in [0, 0.05) is 25.3 Å². The molecule has 4 nitrogen and oxygen atoms in total. The van der Waals surface area contributed by atoms with Crippen LogP contribution in [0.3, 0.4) is 0 Å². The van der Waals surface area contributed by atoms with Crippen LogP contribution in [-0.4, -0.2) is 36.8 Å². The molecule has 0 saturated carbocycles. The van der Waals surface area contributed by atoms with Crippen LogP contribution in [0.5, 0.6) is 0 Å². The van der Waals surface area contributed by atoms with E-state index in [9.17, 15) is 0 Å². The number of hydrogen-bond acceptors (Lipinski definition) is 4. The average molecular weight is 263 g/mol. The second-order valence-electron chi connectivity index (χ2n) is 5.39. The van der Waals surface area contributed by atoms with Gasteiger partial charge in [-0.2, -0.15) is 0 Å². The molecule has 1 fully saturated rings. The van der Waals surface area contributed by atoms with Crippen LogP contribution in [0.25, 0.3) is 0 Å². The fourth-order valence-corrected chi connectivity index (χ4v) is 2.31. The Labute approximate surface area is 116 Å². The molecule has 1 aromatic heterocycles. The summed E-state index contributed by atoms with van der Waals surface area (Å²) in [6.45, 7) is 9.94. The number of hydrogen-bond donors (Lipinski definition) is 1. The van der Waals surface area contributed by atoms with Crippen molar-refractivity contribution in [3.63, 3.8) is 0 Å². The van der Waals surface area contributed by atoms with E-state index in [0.29, 0.717) is 12.1 Å². The topological polar surface area (TPSA) is 37.4 Å². The van der Waals surface area contributed by atoms with Gasteiger partial charge in [0.15, 0.2) is 0 Å². The second-order valence-corrected chi connectivity index (χ2v) is 5.39. The van der Waals surface area contributed by atoms with Crippen LogP contribution >= 0.6 is 0 Å². The van der Waals surface area contributed by atoms with Crippen molar-refractivity contribution in [3.8, 4) is 0 Å². The van der Waals surface area contributed by atoms with Gasteiger partial charge in [-0.3, -0.25) is 0 Å². The van der Waals surface area contributed by atoms with Crippen LogP contribution in [0.1, 0.15) is 32.8 Å². The summed E-state index contributed by atoms with van der Waals surface area (Å²) in [5, 5.41) is 3.41. The normalized spacial score (nSPS) is 20.0. The van der Waals surface area contributed by atoms with E-state index < -0.39 is 0 Å². The highest BCUT2D eigenvalue weighted by Crippen LogP contribution is 2.19. The van der Waals surface area contributed by atoms with E-state index in [0.717, 1.165) is 38.5 Å². The lowest BCUT2D eigenvalue weighted by molar-refractivity contribution is 0.0925. The fraction of sp³-hybridized carbons (Fsp3) is 0.667. The number of rotatable bonds is 5. The zero-order chi connectivity index (χ0) is 13.7. The van der Waals surface area contributed by atoms with Gasteiger partial charge in [-0.25, -0.2) is 4.98 Å². The first-order chi connectivity index (χ1) is 9.20. The Kier molecular flexibility index (Phi) is 5.16. The van der Waals surface area contributed by atoms with E-state index in [4.69, 9.17) is 4.74 Å². The molecule has 0 radical (unpaired) electrons. The van der Waals surface area contributed by atoms with Gasteiger partial charge < -0.3 is 15.0 Å². The lowest BCUT2D eigenvalue weighted by atomic mass is 10.1. The summed E-state index contributed by atoms with van der Waals surface area (Å²) in [5.41, 5.74) is 1.23. The van der Waals surface area contributed by atoms with E-state index in [2.05, 4.69) is 48.1 Å². The first kappa shape index (κ1) is 14.3. The van der Waals surface area contributed by atoms with Crippen LogP contribution in [0.4, 0.5) is 5.82 Å². The number of aromatic nitrogens is 1. The van der Waals surface area contributed by atoms with Crippen LogP contribution in [0.15, 0.2) is 18.3 Å². The molecule has 1 aromatic rings. The smallest absolute Gasteiger partial charge is 0.128 e. The minimum Gasteiger partial charge on any atom is -0.377 e. The highest BCUT2D eigenvalue weighted by molar-refractivity contribution is 5.41. The summed E-state index contributed by atoms with van der Waals surface area (Å²) in [5.74, 6) is 1.07. The Bertz CT molecular complexity index is 377. The van der Waals surface area contributed by atoms with Crippen molar-refractivity contribution in [1.29, 1.82) is 0 Å². The van der Waals surface area contributed by atoms with Gasteiger partial charge >= 0.3 is 0 Å². The van der Waals surface area contributed by atoms with Gasteiger partial charge in [0.2, 0.25) is 0 Å². The number of morpholine rings is 1. The zero-order valence-corrected chi connectivity index (χ0v) is 12.2. The fourth-order valence-electron chi connectivity index (χ4n) is 2.31. The molecule has 1 N–H and O–H groups in total. The molecule has 4 heteroatoms. The first-order valence-electron chi connectivity index (χ1n) is 7.23. The molecule has 19 heavy (non-hydrogen) atoms. The molecular formula is C15H25N3O. The SMILES string of the molecule is CCC1COCCN1c1ccc(CNC(C)C)cn1. The van der Waals surface area contributed by atoms with Gasteiger partial charge in [0.25, 0.3) is 0 Å². The third-order valence-corrected chi connectivity index (χ3v) is 3.52. The maximum absolute atomic E-state index is 5.53. The molecule has 1 unspecified atom stereocenters. The van der Waals surface area contributed by atoms with E-state index in [1.54, 1.807) is 0 Å². The number of nitrogens with zero attached hydrogens (tertiary/aromatic N) is 2. The average Bonchev–Trinajstić information content (AvgIpc) is 2.45. The Morgan fingerprint density at radius 3 is 2.95 bits per heavy atom. The Morgan fingerprint density at radius 1 is 1.47 bits per heavy atom. The van der Waals surface area contributed by atoms with Gasteiger partial charge in [-0.15, -0.1) is 0 Å². The Balaban J connectivity index is 2.00. The van der Waals surface area contributed by atoms with Gasteiger partial charge in [-0.05, 0) is 18.1 Å². The minimum atomic E-state index is 0.459. The van der Waals surface area contributed by atoms with E-state index in [1.165, 1.54) is 5.56 Å². The Hall–Kier alpha value is -1.13. The molecule has 0 spiro atoms. The molecule has 1 aliphatic rings. The zero-order valence-electron chi connectivity index (χ0n) is 12.2. The molecular weight excluding hydrogens is 238 g/mol. The van der Waals surface area contributed by atoms with Crippen molar-refractivity contribution in [3.05, 3.63) is 23.9 Å². The maximum atomic E-state index is 5.53. The quantitative estimate of drug-likeness (QED) is 0.883. The maximum Gasteiger partial charge on any atom is 0.128 e. The predicted octanol–water partition coefficient (Wildman–Crippen LogP) is 2.19. The molecule has 106 valence electrons. The second kappa shape index (κ2) is 6.87. The largest absolute Gasteiger partial charge is 0.377 e. The molecule has 0 aromatic carbocycles. The number of ether oxygens (including phenoxy) is 1. The van der Waals surface area contributed by atoms with Crippen molar-refractivity contribution in [2.24, 2.45) is 0 Å². The summed E-state index contributed by atoms with van der Waals surface area (Å²) in [7, 11) is 0. The Morgan fingerprint density at radius 2 is 2.32 bits per heavy atom. The standard InChI is InChI=1S/C15H25N3O/c1-4-14-11-19-8-7-18(14)15-6-5-13(10-17-15)9-16-12(2)3/h5-6,10,12,14,16H,4,7-9,11H2,1-3H3. The first-order valence-corrected chi connectivity index (χ1v) is 7.23. The third kappa shape index (κ3) is 3.91. The summed E-state index contributed by atoms with van der Waals surface area (Å²) < 4.78 is 5.53. The summed E-state index contributed by atoms with van der Waals surface area (Å²) in [6, 6.07) is 5.26. The van der Waals surface area contributed by atoms with Crippen LogP contribution < -0.4 is 10.2 Å². The molecule has 1 atom stereocenters. The van der Waals surface area contributed by atoms with E-state index in [-0.39, 0.29) is 0 Å². The van der Waals surface area contributed by atoms with E-state index in [1.807, 2.05) is 6.20 Å².